The molecule has 0 spiro atoms. The molecule has 0 aliphatic heterocycles. The van der Waals surface area contributed by atoms with Gasteiger partial charge < -0.3 is 14.6 Å². The first-order chi connectivity index (χ1) is 7.15. The van der Waals surface area contributed by atoms with Crippen LogP contribution < -0.4 is 10.5 Å². The summed E-state index contributed by atoms with van der Waals surface area (Å²) in [6, 6.07) is 0. The third kappa shape index (κ3) is 3.64. The molecule has 0 bridgehead atoms. The Morgan fingerprint density at radius 1 is 1.73 bits per heavy atom. The molecule has 1 N–H and O–H groups in total. The van der Waals surface area contributed by atoms with Crippen molar-refractivity contribution in [2.24, 2.45) is 0 Å². The summed E-state index contributed by atoms with van der Waals surface area (Å²) in [6.45, 7) is 1.25. The Hall–Kier alpha value is -0.880. The summed E-state index contributed by atoms with van der Waals surface area (Å²) in [5.41, 5.74) is -0.183. The highest BCUT2D eigenvalue weighted by atomic mass is 79.9. The van der Waals surface area contributed by atoms with Crippen LogP contribution in [0, 0.1) is 0 Å². The van der Waals surface area contributed by atoms with Crippen LogP contribution >= 0.6 is 15.9 Å². The van der Waals surface area contributed by atoms with E-state index in [2.05, 4.69) is 25.9 Å². The molecule has 0 aliphatic rings. The van der Waals surface area contributed by atoms with Crippen LogP contribution in [-0.2, 0) is 4.74 Å². The smallest absolute Gasteiger partial charge is 0.290 e. The number of aromatic amines is 1. The van der Waals surface area contributed by atoms with Gasteiger partial charge in [-0.1, -0.05) is 15.9 Å². The summed E-state index contributed by atoms with van der Waals surface area (Å²) in [6.07, 6.45) is 3.08. The van der Waals surface area contributed by atoms with Gasteiger partial charge in [0.25, 0.3) is 5.56 Å². The van der Waals surface area contributed by atoms with Crippen LogP contribution in [0.2, 0.25) is 0 Å². The molecular weight excluding hydrogens is 262 g/mol. The number of H-pyrrole nitrogens is 1. The second kappa shape index (κ2) is 5.87. The molecule has 0 aliphatic carbocycles. The summed E-state index contributed by atoms with van der Waals surface area (Å²) < 4.78 is 4.99. The summed E-state index contributed by atoms with van der Waals surface area (Å²) in [5.74, 6) is 0.415. The summed E-state index contributed by atoms with van der Waals surface area (Å²) in [5, 5.41) is 0. The fourth-order valence-corrected chi connectivity index (χ4v) is 1.93. The summed E-state index contributed by atoms with van der Waals surface area (Å²) in [4.78, 5) is 19.9. The van der Waals surface area contributed by atoms with Gasteiger partial charge >= 0.3 is 0 Å². The third-order valence-corrected chi connectivity index (χ3v) is 2.42. The first-order valence-electron chi connectivity index (χ1n) is 4.53. The van der Waals surface area contributed by atoms with Gasteiger partial charge in [0.2, 0.25) is 0 Å². The highest BCUT2D eigenvalue weighted by molar-refractivity contribution is 9.09. The van der Waals surface area contributed by atoms with E-state index in [0.717, 1.165) is 0 Å². The van der Waals surface area contributed by atoms with Gasteiger partial charge in [0.1, 0.15) is 0 Å². The van der Waals surface area contributed by atoms with E-state index >= 15 is 0 Å². The lowest BCUT2D eigenvalue weighted by molar-refractivity contribution is 0.201. The van der Waals surface area contributed by atoms with Crippen LogP contribution in [-0.4, -0.2) is 42.1 Å². The normalized spacial score (nSPS) is 12.5. The zero-order chi connectivity index (χ0) is 11.3. The second-order valence-corrected chi connectivity index (χ2v) is 4.47. The Balaban J connectivity index is 2.65. The largest absolute Gasteiger partial charge is 0.383 e. The quantitative estimate of drug-likeness (QED) is 0.801. The maximum atomic E-state index is 11.4. The third-order valence-electron chi connectivity index (χ3n) is 1.87. The van der Waals surface area contributed by atoms with E-state index in [1.165, 1.54) is 6.20 Å². The van der Waals surface area contributed by atoms with Gasteiger partial charge in [0, 0.05) is 33.1 Å². The van der Waals surface area contributed by atoms with Crippen molar-refractivity contribution in [3.8, 4) is 0 Å². The molecular formula is C9H14BrN3O2. The Labute approximate surface area is 96.6 Å². The number of alkyl halides is 1. The number of methoxy groups -OCH3 is 1. The highest BCUT2D eigenvalue weighted by Crippen LogP contribution is 2.06. The van der Waals surface area contributed by atoms with Crippen molar-refractivity contribution in [1.29, 1.82) is 0 Å². The summed E-state index contributed by atoms with van der Waals surface area (Å²) in [7, 11) is 3.46. The maximum Gasteiger partial charge on any atom is 0.290 e. The molecule has 0 amide bonds. The number of ether oxygens (including phenoxy) is 1. The predicted octanol–water partition coefficient (Wildman–Crippen LogP) is 0.616. The lowest BCUT2D eigenvalue weighted by Crippen LogP contribution is -2.32. The van der Waals surface area contributed by atoms with Gasteiger partial charge in [0.05, 0.1) is 11.4 Å². The fraction of sp³-hybridized carbons (Fsp3) is 0.556. The minimum Gasteiger partial charge on any atom is -0.383 e. The molecule has 0 fully saturated rings. The van der Waals surface area contributed by atoms with Crippen LogP contribution in [0.3, 0.4) is 0 Å². The SMILES string of the molecule is COCC(Br)CN(C)c1ncc[nH]c1=O. The molecule has 1 aromatic rings. The van der Waals surface area contributed by atoms with E-state index in [1.807, 2.05) is 7.05 Å². The second-order valence-electron chi connectivity index (χ2n) is 3.18. The van der Waals surface area contributed by atoms with Crippen molar-refractivity contribution in [1.82, 2.24) is 9.97 Å². The minimum atomic E-state index is -0.183. The van der Waals surface area contributed by atoms with Crippen LogP contribution in [0.1, 0.15) is 0 Å². The van der Waals surface area contributed by atoms with Crippen LogP contribution in [0.5, 0.6) is 0 Å². The number of rotatable bonds is 5. The first-order valence-corrected chi connectivity index (χ1v) is 5.44. The minimum absolute atomic E-state index is 0.175. The van der Waals surface area contributed by atoms with Crippen molar-refractivity contribution in [3.05, 3.63) is 22.7 Å². The van der Waals surface area contributed by atoms with Crippen molar-refractivity contribution < 1.29 is 4.74 Å². The van der Waals surface area contributed by atoms with Crippen LogP contribution in [0.4, 0.5) is 5.82 Å². The molecule has 0 aromatic carbocycles. The number of aromatic nitrogens is 2. The number of nitrogens with zero attached hydrogens (tertiary/aromatic N) is 2. The molecule has 6 heteroatoms. The van der Waals surface area contributed by atoms with Crippen LogP contribution in [0.15, 0.2) is 17.2 Å². The highest BCUT2D eigenvalue weighted by Gasteiger charge is 2.11. The van der Waals surface area contributed by atoms with E-state index < -0.39 is 0 Å². The Morgan fingerprint density at radius 3 is 3.07 bits per heavy atom. The van der Waals surface area contributed by atoms with Gasteiger partial charge in [-0.2, -0.15) is 0 Å². The molecule has 0 saturated carbocycles. The first kappa shape index (κ1) is 12.2. The molecule has 84 valence electrons. The monoisotopic (exact) mass is 275 g/mol. The molecule has 1 rings (SSSR count). The van der Waals surface area contributed by atoms with Gasteiger partial charge in [0.15, 0.2) is 5.82 Å². The van der Waals surface area contributed by atoms with E-state index in [0.29, 0.717) is 19.0 Å². The van der Waals surface area contributed by atoms with Crippen molar-refractivity contribution >= 4 is 21.7 Å². The number of halogens is 1. The lowest BCUT2D eigenvalue weighted by atomic mass is 10.4. The molecule has 1 heterocycles. The van der Waals surface area contributed by atoms with Crippen molar-refractivity contribution in [2.45, 2.75) is 4.83 Å². The maximum absolute atomic E-state index is 11.4. The van der Waals surface area contributed by atoms with Gasteiger partial charge in [-0.05, 0) is 0 Å². The molecule has 15 heavy (non-hydrogen) atoms. The predicted molar refractivity (Wildman–Crippen MR) is 62.7 cm³/mol. The van der Waals surface area contributed by atoms with Crippen molar-refractivity contribution in [2.75, 3.05) is 32.2 Å². The zero-order valence-corrected chi connectivity index (χ0v) is 10.3. The number of hydrogen-bond acceptors (Lipinski definition) is 4. The molecule has 1 aromatic heterocycles. The topological polar surface area (TPSA) is 58.2 Å². The average Bonchev–Trinajstić information content (AvgIpc) is 2.18. The fourth-order valence-electron chi connectivity index (χ4n) is 1.23. The van der Waals surface area contributed by atoms with E-state index in [4.69, 9.17) is 4.74 Å². The van der Waals surface area contributed by atoms with Gasteiger partial charge in [-0.25, -0.2) is 4.98 Å². The molecule has 0 radical (unpaired) electrons. The van der Waals surface area contributed by atoms with E-state index in [-0.39, 0.29) is 10.4 Å². The van der Waals surface area contributed by atoms with Crippen LogP contribution in [0.25, 0.3) is 0 Å². The molecule has 0 saturated heterocycles. The lowest BCUT2D eigenvalue weighted by Gasteiger charge is -2.19. The van der Waals surface area contributed by atoms with Crippen molar-refractivity contribution in [3.63, 3.8) is 0 Å². The molecule has 1 unspecified atom stereocenters. The molecule has 1 atom stereocenters. The Morgan fingerprint density at radius 2 is 2.47 bits per heavy atom. The van der Waals surface area contributed by atoms with Gasteiger partial charge in [-0.15, -0.1) is 0 Å². The number of anilines is 1. The van der Waals surface area contributed by atoms with E-state index in [9.17, 15) is 4.79 Å². The zero-order valence-electron chi connectivity index (χ0n) is 8.74. The number of hydrogen-bond donors (Lipinski definition) is 1. The molecule has 5 nitrogen and oxygen atoms in total. The Kier molecular flexibility index (Phi) is 4.77. The Bertz CT molecular complexity index is 355. The van der Waals surface area contributed by atoms with Gasteiger partial charge in [-0.3, -0.25) is 4.79 Å². The number of nitrogens with one attached hydrogen (secondary N) is 1. The summed E-state index contributed by atoms with van der Waals surface area (Å²) >= 11 is 3.45. The average molecular weight is 276 g/mol. The van der Waals surface area contributed by atoms with E-state index in [1.54, 1.807) is 18.2 Å². The standard InChI is InChI=1S/C9H14BrN3O2/c1-13(5-7(10)6-15-2)8-9(14)12-4-3-11-8/h3-4,7H,5-6H2,1-2H3,(H,12,14).